The first-order valence-electron chi connectivity index (χ1n) is 10.3. The number of nitrogens with zero attached hydrogens (tertiary/aromatic N) is 2. The number of anilines is 1. The Morgan fingerprint density at radius 2 is 1.74 bits per heavy atom. The van der Waals surface area contributed by atoms with Crippen LogP contribution in [0, 0.1) is 6.92 Å². The monoisotopic (exact) mass is 464 g/mol. The number of carbonyl (C=O) groups excluding carboxylic acids is 1. The van der Waals surface area contributed by atoms with Crippen LogP contribution < -0.4 is 10.0 Å². The summed E-state index contributed by atoms with van der Waals surface area (Å²) in [5.74, 6) is -0.318. The Labute approximate surface area is 189 Å². The molecule has 3 rings (SSSR count). The van der Waals surface area contributed by atoms with Crippen molar-refractivity contribution in [3.8, 4) is 0 Å². The van der Waals surface area contributed by atoms with Crippen molar-refractivity contribution >= 4 is 33.2 Å². The van der Waals surface area contributed by atoms with Crippen molar-refractivity contribution in [2.45, 2.75) is 18.2 Å². The molecule has 168 valence electrons. The fourth-order valence-electron chi connectivity index (χ4n) is 3.36. The number of likely N-dealkylation sites (N-methyl/N-ethyl adjacent to an activating group) is 1. The number of benzene rings is 2. The zero-order chi connectivity index (χ0) is 22.4. The zero-order valence-electron chi connectivity index (χ0n) is 17.9. The summed E-state index contributed by atoms with van der Waals surface area (Å²) >= 11 is 6.14. The molecule has 1 saturated heterocycles. The number of carbonyl (C=O) groups is 1. The van der Waals surface area contributed by atoms with Crippen LogP contribution in [0.1, 0.15) is 22.3 Å². The molecule has 0 saturated carbocycles. The first-order chi connectivity index (χ1) is 14.7. The molecular formula is C22H29ClN4O3S. The Morgan fingerprint density at radius 3 is 2.42 bits per heavy atom. The molecule has 0 aliphatic carbocycles. The van der Waals surface area contributed by atoms with E-state index in [0.717, 1.165) is 44.7 Å². The number of hydrogen-bond acceptors (Lipinski definition) is 5. The highest BCUT2D eigenvalue weighted by Crippen LogP contribution is 2.25. The highest BCUT2D eigenvalue weighted by molar-refractivity contribution is 7.92. The van der Waals surface area contributed by atoms with Gasteiger partial charge < -0.3 is 15.1 Å². The fourth-order valence-corrected chi connectivity index (χ4v) is 4.95. The minimum atomic E-state index is -3.93. The van der Waals surface area contributed by atoms with Crippen LogP contribution in [0.15, 0.2) is 47.4 Å². The number of hydrogen-bond donors (Lipinski definition) is 2. The van der Waals surface area contributed by atoms with Crippen molar-refractivity contribution in [1.29, 1.82) is 0 Å². The first-order valence-corrected chi connectivity index (χ1v) is 12.2. The normalized spacial score (nSPS) is 15.6. The molecule has 0 aromatic heterocycles. The summed E-state index contributed by atoms with van der Waals surface area (Å²) in [4.78, 5) is 17.1. The van der Waals surface area contributed by atoms with Crippen molar-refractivity contribution in [1.82, 2.24) is 15.1 Å². The number of sulfonamides is 1. The van der Waals surface area contributed by atoms with Crippen LogP contribution in [0.25, 0.3) is 0 Å². The summed E-state index contributed by atoms with van der Waals surface area (Å²) in [5.41, 5.74) is 1.71. The second-order valence-corrected chi connectivity index (χ2v) is 9.93. The summed E-state index contributed by atoms with van der Waals surface area (Å²) < 4.78 is 28.1. The maximum absolute atomic E-state index is 12.8. The lowest BCUT2D eigenvalue weighted by molar-refractivity contribution is 0.0949. The molecule has 0 atom stereocenters. The molecule has 31 heavy (non-hydrogen) atoms. The first kappa shape index (κ1) is 23.5. The predicted molar refractivity (Wildman–Crippen MR) is 124 cm³/mol. The molecule has 1 aliphatic heterocycles. The molecule has 1 fully saturated rings. The van der Waals surface area contributed by atoms with E-state index in [-0.39, 0.29) is 21.4 Å². The van der Waals surface area contributed by atoms with Gasteiger partial charge in [0.25, 0.3) is 15.9 Å². The summed E-state index contributed by atoms with van der Waals surface area (Å²) in [6.07, 6.45) is 0.836. The van der Waals surface area contributed by atoms with E-state index in [9.17, 15) is 13.2 Å². The van der Waals surface area contributed by atoms with E-state index in [4.69, 9.17) is 11.6 Å². The average Bonchev–Trinajstić information content (AvgIpc) is 2.74. The number of rotatable bonds is 8. The third-order valence-electron chi connectivity index (χ3n) is 5.32. The van der Waals surface area contributed by atoms with Gasteiger partial charge in [0.05, 0.1) is 5.02 Å². The van der Waals surface area contributed by atoms with Gasteiger partial charge in [0.15, 0.2) is 0 Å². The summed E-state index contributed by atoms with van der Waals surface area (Å²) in [6, 6.07) is 11.3. The minimum Gasteiger partial charge on any atom is -0.352 e. The van der Waals surface area contributed by atoms with E-state index in [2.05, 4.69) is 26.9 Å². The standard InChI is InChI=1S/C22H29ClN4O3S/c1-17-4-7-19(8-5-17)25-31(29,30)21-16-18(6-9-20(21)23)22(28)24-10-3-11-27-14-12-26(2)13-15-27/h4-9,16,25H,3,10-15H2,1-2H3,(H,24,28). The second-order valence-electron chi connectivity index (χ2n) is 7.87. The summed E-state index contributed by atoms with van der Waals surface area (Å²) in [5, 5.41) is 2.93. The molecule has 1 amide bonds. The smallest absolute Gasteiger partial charge is 0.263 e. The van der Waals surface area contributed by atoms with Crippen molar-refractivity contribution in [3.63, 3.8) is 0 Å². The molecule has 1 heterocycles. The number of piperazine rings is 1. The van der Waals surface area contributed by atoms with Gasteiger partial charge in [0, 0.05) is 44.0 Å². The third-order valence-corrected chi connectivity index (χ3v) is 7.18. The second kappa shape index (κ2) is 10.5. The van der Waals surface area contributed by atoms with Crippen LogP contribution in [0.4, 0.5) is 5.69 Å². The van der Waals surface area contributed by atoms with Crippen molar-refractivity contribution < 1.29 is 13.2 Å². The SMILES string of the molecule is Cc1ccc(NS(=O)(=O)c2cc(C(=O)NCCCN3CCN(C)CC3)ccc2Cl)cc1. The number of nitrogens with one attached hydrogen (secondary N) is 2. The maximum Gasteiger partial charge on any atom is 0.263 e. The Hall–Kier alpha value is -2.13. The molecule has 9 heteroatoms. The fraction of sp³-hybridized carbons (Fsp3) is 0.409. The van der Waals surface area contributed by atoms with E-state index in [1.807, 2.05) is 19.1 Å². The lowest BCUT2D eigenvalue weighted by Crippen LogP contribution is -2.45. The minimum absolute atomic E-state index is 0.0613. The largest absolute Gasteiger partial charge is 0.352 e. The lowest BCUT2D eigenvalue weighted by Gasteiger charge is -2.32. The van der Waals surface area contributed by atoms with Gasteiger partial charge in [-0.1, -0.05) is 29.3 Å². The van der Waals surface area contributed by atoms with Crippen LogP contribution in [0.2, 0.25) is 5.02 Å². The van der Waals surface area contributed by atoms with E-state index in [0.29, 0.717) is 12.2 Å². The van der Waals surface area contributed by atoms with Gasteiger partial charge in [0.1, 0.15) is 4.90 Å². The highest BCUT2D eigenvalue weighted by Gasteiger charge is 2.20. The molecule has 0 spiro atoms. The topological polar surface area (TPSA) is 81.7 Å². The lowest BCUT2D eigenvalue weighted by atomic mass is 10.2. The Bertz CT molecular complexity index is 1000. The van der Waals surface area contributed by atoms with Gasteiger partial charge in [-0.3, -0.25) is 9.52 Å². The van der Waals surface area contributed by atoms with Crippen LogP contribution >= 0.6 is 11.6 Å². The van der Waals surface area contributed by atoms with E-state index < -0.39 is 10.0 Å². The van der Waals surface area contributed by atoms with Crippen LogP contribution in [0.5, 0.6) is 0 Å². The molecule has 2 aromatic carbocycles. The summed E-state index contributed by atoms with van der Waals surface area (Å²) in [6.45, 7) is 7.57. The molecule has 1 aliphatic rings. The molecule has 2 N–H and O–H groups in total. The van der Waals surface area contributed by atoms with Gasteiger partial charge >= 0.3 is 0 Å². The summed E-state index contributed by atoms with van der Waals surface area (Å²) in [7, 11) is -1.81. The van der Waals surface area contributed by atoms with Crippen LogP contribution in [-0.4, -0.2) is 70.4 Å². The number of amides is 1. The van der Waals surface area contributed by atoms with Crippen LogP contribution in [0.3, 0.4) is 0 Å². The van der Waals surface area contributed by atoms with Gasteiger partial charge in [0.2, 0.25) is 0 Å². The van der Waals surface area contributed by atoms with Crippen molar-refractivity contribution in [2.75, 3.05) is 51.0 Å². The number of aryl methyl sites for hydroxylation is 1. The Balaban J connectivity index is 1.59. The maximum atomic E-state index is 12.8. The quantitative estimate of drug-likeness (QED) is 0.587. The van der Waals surface area contributed by atoms with Gasteiger partial charge in [-0.2, -0.15) is 0 Å². The number of halogens is 1. The Kier molecular flexibility index (Phi) is 7.94. The Morgan fingerprint density at radius 1 is 1.06 bits per heavy atom. The molecule has 0 bridgehead atoms. The molecule has 0 unspecified atom stereocenters. The molecular weight excluding hydrogens is 436 g/mol. The van der Waals surface area contributed by atoms with Crippen LogP contribution in [-0.2, 0) is 10.0 Å². The zero-order valence-corrected chi connectivity index (χ0v) is 19.5. The highest BCUT2D eigenvalue weighted by atomic mass is 35.5. The van der Waals surface area contributed by atoms with E-state index in [1.54, 1.807) is 12.1 Å². The van der Waals surface area contributed by atoms with Crippen molar-refractivity contribution in [2.24, 2.45) is 0 Å². The molecule has 7 nitrogen and oxygen atoms in total. The third kappa shape index (κ3) is 6.67. The van der Waals surface area contributed by atoms with Gasteiger partial charge in [-0.25, -0.2) is 8.42 Å². The van der Waals surface area contributed by atoms with E-state index in [1.165, 1.54) is 18.2 Å². The average molecular weight is 465 g/mol. The molecule has 0 radical (unpaired) electrons. The van der Waals surface area contributed by atoms with E-state index >= 15 is 0 Å². The predicted octanol–water partition coefficient (Wildman–Crippen LogP) is 2.82. The van der Waals surface area contributed by atoms with Gasteiger partial charge in [-0.15, -0.1) is 0 Å². The van der Waals surface area contributed by atoms with Gasteiger partial charge in [-0.05, 0) is 57.3 Å². The molecule has 2 aromatic rings. The van der Waals surface area contributed by atoms with Crippen molar-refractivity contribution in [3.05, 3.63) is 58.6 Å².